The summed E-state index contributed by atoms with van der Waals surface area (Å²) >= 11 is 17.9. The molecule has 17 heavy (non-hydrogen) atoms. The Bertz CT molecular complexity index is 414. The highest BCUT2D eigenvalue weighted by molar-refractivity contribution is 6.41. The largest absolute Gasteiger partial charge is 0.481 e. The standard InChI is InChI=1S/C11H12Cl3NO2/c1-6(11(16)17)5-15(2)10-8(13)3-7(12)4-9(10)14/h3-4,6H,5H2,1-2H3,(H,16,17). The molecule has 3 nitrogen and oxygen atoms in total. The van der Waals surface area contributed by atoms with Gasteiger partial charge in [-0.25, -0.2) is 0 Å². The quantitative estimate of drug-likeness (QED) is 0.918. The number of halogens is 3. The minimum atomic E-state index is -0.863. The Morgan fingerprint density at radius 2 is 1.82 bits per heavy atom. The summed E-state index contributed by atoms with van der Waals surface area (Å²) in [6.45, 7) is 1.94. The molecule has 0 spiro atoms. The van der Waals surface area contributed by atoms with Crippen LogP contribution in [0.15, 0.2) is 12.1 Å². The van der Waals surface area contributed by atoms with Gasteiger partial charge in [0.05, 0.1) is 21.7 Å². The first-order valence-electron chi connectivity index (χ1n) is 4.91. The molecule has 94 valence electrons. The van der Waals surface area contributed by atoms with Crippen LogP contribution in [0.5, 0.6) is 0 Å². The molecule has 6 heteroatoms. The van der Waals surface area contributed by atoms with Crippen molar-refractivity contribution >= 4 is 46.5 Å². The van der Waals surface area contributed by atoms with Crippen molar-refractivity contribution in [3.63, 3.8) is 0 Å². The van der Waals surface area contributed by atoms with Gasteiger partial charge in [-0.2, -0.15) is 0 Å². The van der Waals surface area contributed by atoms with Crippen molar-refractivity contribution < 1.29 is 9.90 Å². The highest BCUT2D eigenvalue weighted by Gasteiger charge is 2.18. The summed E-state index contributed by atoms with van der Waals surface area (Å²) in [6.07, 6.45) is 0. The van der Waals surface area contributed by atoms with Gasteiger partial charge in [0.1, 0.15) is 0 Å². The highest BCUT2D eigenvalue weighted by Crippen LogP contribution is 2.36. The molecule has 0 aliphatic rings. The van der Waals surface area contributed by atoms with Crippen LogP contribution < -0.4 is 4.90 Å². The topological polar surface area (TPSA) is 40.5 Å². The van der Waals surface area contributed by atoms with Gasteiger partial charge in [0.15, 0.2) is 0 Å². The summed E-state index contributed by atoms with van der Waals surface area (Å²) < 4.78 is 0. The summed E-state index contributed by atoms with van der Waals surface area (Å²) in [5.74, 6) is -1.37. The molecule has 1 aromatic rings. The average Bonchev–Trinajstić information content (AvgIpc) is 2.15. The van der Waals surface area contributed by atoms with E-state index in [2.05, 4.69) is 0 Å². The van der Waals surface area contributed by atoms with Gasteiger partial charge in [0, 0.05) is 18.6 Å². The number of carboxylic acid groups (broad SMARTS) is 1. The molecule has 1 unspecified atom stereocenters. The summed E-state index contributed by atoms with van der Waals surface area (Å²) in [5, 5.41) is 10.1. The fourth-order valence-electron chi connectivity index (χ4n) is 1.48. The Balaban J connectivity index is 2.96. The second kappa shape index (κ2) is 5.80. The molecule has 1 rings (SSSR count). The maximum Gasteiger partial charge on any atom is 0.308 e. The molecule has 0 amide bonds. The molecule has 0 radical (unpaired) electrons. The van der Waals surface area contributed by atoms with Crippen LogP contribution in [-0.2, 0) is 4.79 Å². The van der Waals surface area contributed by atoms with Crippen molar-refractivity contribution in [3.8, 4) is 0 Å². The number of hydrogen-bond acceptors (Lipinski definition) is 2. The van der Waals surface area contributed by atoms with E-state index in [0.717, 1.165) is 0 Å². The van der Waals surface area contributed by atoms with Gasteiger partial charge in [-0.05, 0) is 12.1 Å². The monoisotopic (exact) mass is 295 g/mol. The molecule has 0 heterocycles. The first-order valence-corrected chi connectivity index (χ1v) is 6.04. The van der Waals surface area contributed by atoms with Crippen molar-refractivity contribution in [2.45, 2.75) is 6.92 Å². The van der Waals surface area contributed by atoms with Crippen LogP contribution >= 0.6 is 34.8 Å². The van der Waals surface area contributed by atoms with Gasteiger partial charge >= 0.3 is 5.97 Å². The summed E-state index contributed by atoms with van der Waals surface area (Å²) in [6, 6.07) is 3.15. The Kier molecular flexibility index (Phi) is 4.92. The van der Waals surface area contributed by atoms with E-state index in [0.29, 0.717) is 27.3 Å². The van der Waals surface area contributed by atoms with E-state index in [4.69, 9.17) is 39.9 Å². The van der Waals surface area contributed by atoms with Crippen molar-refractivity contribution in [2.75, 3.05) is 18.5 Å². The third-order valence-electron chi connectivity index (χ3n) is 2.33. The van der Waals surface area contributed by atoms with E-state index >= 15 is 0 Å². The first kappa shape index (κ1) is 14.4. The number of aliphatic carboxylic acids is 1. The van der Waals surface area contributed by atoms with Crippen LogP contribution in [0.3, 0.4) is 0 Å². The van der Waals surface area contributed by atoms with Gasteiger partial charge in [0.2, 0.25) is 0 Å². The lowest BCUT2D eigenvalue weighted by atomic mass is 10.1. The van der Waals surface area contributed by atoms with E-state index in [-0.39, 0.29) is 0 Å². The lowest BCUT2D eigenvalue weighted by molar-refractivity contribution is -0.140. The zero-order valence-corrected chi connectivity index (χ0v) is 11.6. The fourth-order valence-corrected chi connectivity index (χ4v) is 2.58. The highest BCUT2D eigenvalue weighted by atomic mass is 35.5. The van der Waals surface area contributed by atoms with E-state index in [9.17, 15) is 4.79 Å². The van der Waals surface area contributed by atoms with E-state index in [1.54, 1.807) is 31.0 Å². The van der Waals surface area contributed by atoms with Crippen LogP contribution in [-0.4, -0.2) is 24.7 Å². The zero-order valence-electron chi connectivity index (χ0n) is 9.38. The smallest absolute Gasteiger partial charge is 0.308 e. The Morgan fingerprint density at radius 1 is 1.35 bits per heavy atom. The minimum absolute atomic E-state index is 0.316. The van der Waals surface area contributed by atoms with Gasteiger partial charge in [0.25, 0.3) is 0 Å². The fraction of sp³-hybridized carbons (Fsp3) is 0.364. The molecule has 0 aliphatic heterocycles. The predicted molar refractivity (Wildman–Crippen MR) is 71.5 cm³/mol. The maximum atomic E-state index is 10.8. The van der Waals surface area contributed by atoms with Gasteiger partial charge in [-0.3, -0.25) is 4.79 Å². The SMILES string of the molecule is CC(CN(C)c1c(Cl)cc(Cl)cc1Cl)C(=O)O. The number of carbonyl (C=O) groups is 1. The normalized spacial score (nSPS) is 12.3. The second-order valence-corrected chi connectivity index (χ2v) is 5.09. The van der Waals surface area contributed by atoms with Crippen molar-refractivity contribution in [1.82, 2.24) is 0 Å². The zero-order chi connectivity index (χ0) is 13.2. The molecule has 0 aromatic heterocycles. The Hall–Kier alpha value is -0.640. The van der Waals surface area contributed by atoms with Crippen molar-refractivity contribution in [3.05, 3.63) is 27.2 Å². The predicted octanol–water partition coefficient (Wildman–Crippen LogP) is 3.80. The number of anilines is 1. The number of carboxylic acids is 1. The van der Waals surface area contributed by atoms with E-state index in [1.807, 2.05) is 0 Å². The van der Waals surface area contributed by atoms with Gasteiger partial charge in [-0.1, -0.05) is 41.7 Å². The van der Waals surface area contributed by atoms with Crippen LogP contribution in [0, 0.1) is 5.92 Å². The van der Waals surface area contributed by atoms with Crippen LogP contribution in [0.2, 0.25) is 15.1 Å². The molecular formula is C11H12Cl3NO2. The molecule has 1 N–H and O–H groups in total. The lowest BCUT2D eigenvalue weighted by Crippen LogP contribution is -2.28. The molecule has 0 saturated heterocycles. The molecule has 0 aliphatic carbocycles. The Labute approximate surface area is 115 Å². The van der Waals surface area contributed by atoms with E-state index < -0.39 is 11.9 Å². The van der Waals surface area contributed by atoms with E-state index in [1.165, 1.54) is 0 Å². The number of benzene rings is 1. The summed E-state index contributed by atoms with van der Waals surface area (Å²) in [5.41, 5.74) is 0.589. The van der Waals surface area contributed by atoms with Crippen molar-refractivity contribution in [1.29, 1.82) is 0 Å². The molecule has 0 fully saturated rings. The molecular weight excluding hydrogens is 284 g/mol. The van der Waals surface area contributed by atoms with Crippen LogP contribution in [0.1, 0.15) is 6.92 Å². The number of nitrogens with zero attached hydrogens (tertiary/aromatic N) is 1. The molecule has 1 atom stereocenters. The third-order valence-corrected chi connectivity index (χ3v) is 3.13. The first-order chi connectivity index (χ1) is 7.82. The number of hydrogen-bond donors (Lipinski definition) is 1. The average molecular weight is 297 g/mol. The van der Waals surface area contributed by atoms with Gasteiger partial charge < -0.3 is 10.0 Å². The Morgan fingerprint density at radius 3 is 2.24 bits per heavy atom. The van der Waals surface area contributed by atoms with Gasteiger partial charge in [-0.15, -0.1) is 0 Å². The summed E-state index contributed by atoms with van der Waals surface area (Å²) in [7, 11) is 1.74. The summed E-state index contributed by atoms with van der Waals surface area (Å²) in [4.78, 5) is 12.5. The molecule has 0 bridgehead atoms. The maximum absolute atomic E-state index is 10.8. The lowest BCUT2D eigenvalue weighted by Gasteiger charge is -2.23. The minimum Gasteiger partial charge on any atom is -0.481 e. The number of rotatable bonds is 4. The second-order valence-electron chi connectivity index (χ2n) is 3.84. The third kappa shape index (κ3) is 3.66. The van der Waals surface area contributed by atoms with Crippen LogP contribution in [0.25, 0.3) is 0 Å². The molecule has 0 saturated carbocycles. The van der Waals surface area contributed by atoms with Crippen LogP contribution in [0.4, 0.5) is 5.69 Å². The van der Waals surface area contributed by atoms with Crippen molar-refractivity contribution in [2.24, 2.45) is 5.92 Å². The molecule has 1 aromatic carbocycles.